The van der Waals surface area contributed by atoms with Crippen LogP contribution < -0.4 is 10.6 Å². The van der Waals surface area contributed by atoms with Crippen molar-refractivity contribution in [2.75, 3.05) is 13.7 Å². The standard InChI is InChI=1S/C13H18N2O3/c1-10(16)15-12(9-18-2)13(17)14-8-11-6-4-3-5-7-11/h3-7,12H,8-9H2,1-2H3,(H,14,17)(H,15,16)/t12-/m1/s1/i1D3,2D. The normalized spacial score (nSPS) is 15.6. The molecule has 1 atom stereocenters. The van der Waals surface area contributed by atoms with Crippen LogP contribution in [0.5, 0.6) is 0 Å². The summed E-state index contributed by atoms with van der Waals surface area (Å²) in [6, 6.07) is 7.94. The van der Waals surface area contributed by atoms with Gasteiger partial charge in [-0.25, -0.2) is 0 Å². The Morgan fingerprint density at radius 3 is 2.83 bits per heavy atom. The summed E-state index contributed by atoms with van der Waals surface area (Å²) in [4.78, 5) is 23.5. The number of amides is 2. The highest BCUT2D eigenvalue weighted by atomic mass is 16.5. The first-order valence-corrected chi connectivity index (χ1v) is 5.34. The highest BCUT2D eigenvalue weighted by Crippen LogP contribution is 1.97. The molecule has 2 amide bonds. The number of hydrogen-bond donors (Lipinski definition) is 2. The largest absolute Gasteiger partial charge is 0.382 e. The molecule has 0 saturated carbocycles. The average molecular weight is 254 g/mol. The fourth-order valence-corrected chi connectivity index (χ4v) is 1.37. The van der Waals surface area contributed by atoms with Crippen molar-refractivity contribution in [3.05, 3.63) is 35.9 Å². The zero-order valence-corrected chi connectivity index (χ0v) is 9.81. The van der Waals surface area contributed by atoms with Crippen LogP contribution in [-0.2, 0) is 20.9 Å². The molecule has 0 unspecified atom stereocenters. The summed E-state index contributed by atoms with van der Waals surface area (Å²) in [6.07, 6.45) is 0. The van der Waals surface area contributed by atoms with Crippen molar-refractivity contribution in [2.24, 2.45) is 0 Å². The molecule has 98 valence electrons. The fourth-order valence-electron chi connectivity index (χ4n) is 1.37. The number of nitrogens with one attached hydrogen (secondary N) is 2. The smallest absolute Gasteiger partial charge is 0.245 e. The monoisotopic (exact) mass is 254 g/mol. The van der Waals surface area contributed by atoms with Gasteiger partial charge in [0.05, 0.1) is 7.98 Å². The molecule has 1 aromatic rings. The summed E-state index contributed by atoms with van der Waals surface area (Å²) in [5.41, 5.74) is 0.859. The Morgan fingerprint density at radius 1 is 1.39 bits per heavy atom. The topological polar surface area (TPSA) is 67.4 Å². The van der Waals surface area contributed by atoms with E-state index in [1.165, 1.54) is 0 Å². The second-order valence-electron chi connectivity index (χ2n) is 3.60. The van der Waals surface area contributed by atoms with E-state index >= 15 is 0 Å². The van der Waals surface area contributed by atoms with Gasteiger partial charge in [-0.15, -0.1) is 0 Å². The van der Waals surface area contributed by atoms with E-state index in [1.54, 1.807) is 0 Å². The maximum absolute atomic E-state index is 12.0. The van der Waals surface area contributed by atoms with Crippen molar-refractivity contribution in [3.63, 3.8) is 0 Å². The van der Waals surface area contributed by atoms with Crippen molar-refractivity contribution in [3.8, 4) is 0 Å². The molecule has 0 bridgehead atoms. The number of hydrogen-bond acceptors (Lipinski definition) is 3. The summed E-state index contributed by atoms with van der Waals surface area (Å²) < 4.78 is 32.7. The third-order valence-electron chi connectivity index (χ3n) is 2.22. The maximum atomic E-state index is 12.0. The van der Waals surface area contributed by atoms with E-state index in [9.17, 15) is 9.59 Å². The van der Waals surface area contributed by atoms with Crippen LogP contribution >= 0.6 is 0 Å². The van der Waals surface area contributed by atoms with E-state index in [1.807, 2.05) is 30.3 Å². The Hall–Kier alpha value is -1.88. The van der Waals surface area contributed by atoms with Gasteiger partial charge in [0.2, 0.25) is 11.8 Å². The van der Waals surface area contributed by atoms with Crippen molar-refractivity contribution in [1.29, 1.82) is 0 Å². The first-order chi connectivity index (χ1) is 10.3. The number of ether oxygens (including phenoxy) is 1. The van der Waals surface area contributed by atoms with Gasteiger partial charge in [0, 0.05) is 24.6 Å². The van der Waals surface area contributed by atoms with Gasteiger partial charge in [0.15, 0.2) is 0 Å². The lowest BCUT2D eigenvalue weighted by molar-refractivity contribution is -0.129. The van der Waals surface area contributed by atoms with Crippen LogP contribution in [0.4, 0.5) is 0 Å². The Morgan fingerprint density at radius 2 is 2.17 bits per heavy atom. The fraction of sp³-hybridized carbons (Fsp3) is 0.385. The molecule has 0 fully saturated rings. The second-order valence-corrected chi connectivity index (χ2v) is 3.60. The van der Waals surface area contributed by atoms with E-state index in [0.29, 0.717) is 0 Å². The lowest BCUT2D eigenvalue weighted by Gasteiger charge is -2.16. The van der Waals surface area contributed by atoms with Gasteiger partial charge in [-0.3, -0.25) is 9.59 Å². The molecular formula is C13H18N2O3. The summed E-state index contributed by atoms with van der Waals surface area (Å²) in [6.45, 7) is -2.88. The molecular weight excluding hydrogens is 232 g/mol. The lowest BCUT2D eigenvalue weighted by atomic mass is 10.2. The molecule has 2 N–H and O–H groups in total. The first-order valence-electron chi connectivity index (χ1n) is 7.55. The predicted octanol–water partition coefficient (Wildman–Crippen LogP) is 0.454. The van der Waals surface area contributed by atoms with Crippen LogP contribution in [0.1, 0.15) is 17.9 Å². The third kappa shape index (κ3) is 4.97. The number of benzene rings is 1. The second kappa shape index (κ2) is 7.45. The van der Waals surface area contributed by atoms with Gasteiger partial charge in [-0.1, -0.05) is 30.3 Å². The van der Waals surface area contributed by atoms with E-state index in [4.69, 9.17) is 10.2 Å². The third-order valence-corrected chi connectivity index (χ3v) is 2.22. The minimum atomic E-state index is -2.85. The number of methoxy groups -OCH3 is 1. The number of carbonyl (C=O) groups is 2. The summed E-state index contributed by atoms with van der Waals surface area (Å²) in [5.74, 6) is -1.81. The zero-order chi connectivity index (χ0) is 16.6. The molecule has 5 heteroatoms. The van der Waals surface area contributed by atoms with Crippen molar-refractivity contribution < 1.29 is 19.8 Å². The zero-order valence-electron chi connectivity index (χ0n) is 13.8. The maximum Gasteiger partial charge on any atom is 0.245 e. The van der Waals surface area contributed by atoms with Gasteiger partial charge in [0.1, 0.15) is 6.04 Å². The van der Waals surface area contributed by atoms with Gasteiger partial charge < -0.3 is 15.4 Å². The number of rotatable bonds is 6. The average Bonchev–Trinajstić information content (AvgIpc) is 2.48. The van der Waals surface area contributed by atoms with Gasteiger partial charge in [0.25, 0.3) is 0 Å². The molecule has 0 aromatic heterocycles. The number of carbonyl (C=O) groups excluding carboxylic acids is 2. The van der Waals surface area contributed by atoms with Crippen molar-refractivity contribution >= 4 is 11.8 Å². The summed E-state index contributed by atoms with van der Waals surface area (Å²) in [7, 11) is -0.397. The van der Waals surface area contributed by atoms with E-state index in [0.717, 1.165) is 5.56 Å². The summed E-state index contributed by atoms with van der Waals surface area (Å²) >= 11 is 0. The quantitative estimate of drug-likeness (QED) is 0.774. The van der Waals surface area contributed by atoms with Crippen molar-refractivity contribution in [1.82, 2.24) is 10.6 Å². The lowest BCUT2D eigenvalue weighted by Crippen LogP contribution is -2.48. The van der Waals surface area contributed by atoms with Crippen LogP contribution in [0.25, 0.3) is 0 Å². The minimum absolute atomic E-state index is 0.237. The summed E-state index contributed by atoms with van der Waals surface area (Å²) in [5, 5.41) is 4.69. The molecule has 0 spiro atoms. The van der Waals surface area contributed by atoms with Crippen LogP contribution in [0, 0.1) is 0 Å². The van der Waals surface area contributed by atoms with Crippen molar-refractivity contribution in [2.45, 2.75) is 19.4 Å². The van der Waals surface area contributed by atoms with E-state index in [-0.39, 0.29) is 13.2 Å². The molecule has 0 aliphatic rings. The molecule has 0 heterocycles. The van der Waals surface area contributed by atoms with Gasteiger partial charge in [-0.05, 0) is 5.56 Å². The molecule has 1 aromatic carbocycles. The Bertz CT molecular complexity index is 494. The van der Waals surface area contributed by atoms with Crippen LogP contribution in [0.15, 0.2) is 30.3 Å². The van der Waals surface area contributed by atoms with E-state index in [2.05, 4.69) is 10.6 Å². The highest BCUT2D eigenvalue weighted by Gasteiger charge is 2.18. The highest BCUT2D eigenvalue weighted by molar-refractivity contribution is 5.86. The van der Waals surface area contributed by atoms with Crippen LogP contribution in [-0.4, -0.2) is 31.5 Å². The van der Waals surface area contributed by atoms with Crippen LogP contribution in [0.2, 0.25) is 0 Å². The van der Waals surface area contributed by atoms with Crippen LogP contribution in [0.3, 0.4) is 0 Å². The molecule has 0 saturated heterocycles. The predicted molar refractivity (Wildman–Crippen MR) is 67.8 cm³/mol. The Labute approximate surface area is 112 Å². The molecule has 0 aliphatic carbocycles. The molecule has 1 rings (SSSR count). The molecule has 18 heavy (non-hydrogen) atoms. The molecule has 0 aliphatic heterocycles. The van der Waals surface area contributed by atoms with E-state index < -0.39 is 31.8 Å². The Balaban J connectivity index is 2.61. The first kappa shape index (κ1) is 9.10. The SMILES string of the molecule is [2H]COC[C@@H](NC(=O)C([2H])([2H])[2H])C(=O)NCc1ccccc1. The molecule has 5 nitrogen and oxygen atoms in total. The van der Waals surface area contributed by atoms with Gasteiger partial charge in [-0.2, -0.15) is 0 Å². The van der Waals surface area contributed by atoms with Gasteiger partial charge >= 0.3 is 0 Å². The Kier molecular flexibility index (Phi) is 3.77. The molecule has 0 radical (unpaired) electrons. The minimum Gasteiger partial charge on any atom is -0.382 e.